The average molecular weight is 735 g/mol. The maximum Gasteiger partial charge on any atom is 0.373 e. The van der Waals surface area contributed by atoms with Gasteiger partial charge in [0.2, 0.25) is 17.8 Å². The Morgan fingerprint density at radius 2 is 1.75 bits per heavy atom. The van der Waals surface area contributed by atoms with Crippen LogP contribution < -0.4 is 27.2 Å². The largest absolute Gasteiger partial charge is 0.480 e. The van der Waals surface area contributed by atoms with E-state index in [4.69, 9.17) is 15.3 Å². The molecule has 5 heterocycles. The SMILES string of the molecule is C[C@H]1C(=O)N2[C@H](C(=O)O)CC[C@@]23N[C@@H](CCC(=O)CC[C@@H](NC(=O)c2ccc(NCc4cnc5nc(N)[nH]c(=O)c5n4)cc2)C(=O)O)C(=O)N13.O=C=O. The number of hydrogen-bond acceptors (Lipinski definition) is 15. The molecule has 2 aromatic heterocycles. The van der Waals surface area contributed by atoms with Crippen molar-refractivity contribution in [2.75, 3.05) is 11.1 Å². The number of amides is 3. The smallest absolute Gasteiger partial charge is 0.373 e. The number of hydrogen-bond donors (Lipinski definition) is 7. The van der Waals surface area contributed by atoms with E-state index in [9.17, 15) is 43.8 Å². The molecule has 0 saturated carbocycles. The van der Waals surface area contributed by atoms with Crippen LogP contribution in [0.25, 0.3) is 11.2 Å². The molecule has 3 aliphatic rings. The van der Waals surface area contributed by atoms with Gasteiger partial charge in [-0.2, -0.15) is 14.6 Å². The Kier molecular flexibility index (Phi) is 10.9. The van der Waals surface area contributed by atoms with Gasteiger partial charge in [0, 0.05) is 30.5 Å². The molecule has 278 valence electrons. The lowest BCUT2D eigenvalue weighted by Gasteiger charge is -2.34. The van der Waals surface area contributed by atoms with Gasteiger partial charge in [-0.3, -0.25) is 44.1 Å². The van der Waals surface area contributed by atoms with E-state index in [1.54, 1.807) is 19.1 Å². The number of carbonyl (C=O) groups excluding carboxylic acids is 6. The molecule has 3 amide bonds. The lowest BCUT2D eigenvalue weighted by molar-refractivity contribution is -0.191. The Hall–Kier alpha value is -6.60. The zero-order valence-electron chi connectivity index (χ0n) is 28.0. The van der Waals surface area contributed by atoms with E-state index in [-0.39, 0.29) is 79.7 Å². The lowest BCUT2D eigenvalue weighted by Crippen LogP contribution is -2.58. The molecule has 8 N–H and O–H groups in total. The number of aliphatic carboxylic acids is 2. The van der Waals surface area contributed by atoms with Crippen LogP contribution in [-0.4, -0.2) is 111 Å². The first-order valence-corrected chi connectivity index (χ1v) is 16.3. The molecule has 1 aromatic carbocycles. The number of ketones is 1. The average Bonchev–Trinajstić information content (AvgIpc) is 3.70. The van der Waals surface area contributed by atoms with E-state index in [1.807, 2.05) is 0 Å². The minimum atomic E-state index is -1.36. The number of aromatic nitrogens is 4. The van der Waals surface area contributed by atoms with Crippen LogP contribution in [0.2, 0.25) is 0 Å². The second kappa shape index (κ2) is 15.3. The van der Waals surface area contributed by atoms with Crippen molar-refractivity contribution in [3.8, 4) is 0 Å². The molecule has 0 radical (unpaired) electrons. The Bertz CT molecular complexity index is 2070. The first-order chi connectivity index (χ1) is 25.2. The summed E-state index contributed by atoms with van der Waals surface area (Å²) in [7, 11) is 0. The van der Waals surface area contributed by atoms with Crippen LogP contribution >= 0.6 is 0 Å². The molecular weight excluding hydrogens is 700 g/mol. The Labute approximate surface area is 298 Å². The van der Waals surface area contributed by atoms with Crippen molar-refractivity contribution in [1.29, 1.82) is 0 Å². The highest BCUT2D eigenvalue weighted by molar-refractivity contribution is 5.99. The maximum atomic E-state index is 13.2. The van der Waals surface area contributed by atoms with Gasteiger partial charge >= 0.3 is 18.1 Å². The summed E-state index contributed by atoms with van der Waals surface area (Å²) >= 11 is 0. The number of carboxylic acids is 2. The van der Waals surface area contributed by atoms with Crippen LogP contribution in [0.5, 0.6) is 0 Å². The molecule has 3 aromatic rings. The van der Waals surface area contributed by atoms with Gasteiger partial charge in [0.25, 0.3) is 11.5 Å². The van der Waals surface area contributed by atoms with Crippen LogP contribution in [0.15, 0.2) is 35.3 Å². The highest BCUT2D eigenvalue weighted by Gasteiger charge is 2.68. The number of nitrogen functional groups attached to an aromatic ring is 1. The van der Waals surface area contributed by atoms with Gasteiger partial charge in [-0.15, -0.1) is 0 Å². The van der Waals surface area contributed by atoms with Crippen molar-refractivity contribution in [3.05, 3.63) is 52.1 Å². The van der Waals surface area contributed by atoms with Crippen LogP contribution in [0.3, 0.4) is 0 Å². The second-order valence-corrected chi connectivity index (χ2v) is 12.5. The summed E-state index contributed by atoms with van der Waals surface area (Å²) in [5.74, 6) is -5.61. The molecule has 0 aliphatic carbocycles. The number of nitrogens with two attached hydrogens (primary N) is 1. The zero-order chi connectivity index (χ0) is 38.6. The fraction of sp³-hybridized carbons (Fsp3) is 0.406. The quantitative estimate of drug-likeness (QED) is 0.106. The molecule has 21 heteroatoms. The normalized spacial score (nSPS) is 21.9. The maximum absolute atomic E-state index is 13.2. The van der Waals surface area contributed by atoms with Crippen molar-refractivity contribution in [1.82, 2.24) is 40.4 Å². The highest BCUT2D eigenvalue weighted by atomic mass is 16.4. The number of fused-ring (bicyclic) bond motifs is 1. The predicted molar refractivity (Wildman–Crippen MR) is 177 cm³/mol. The molecule has 3 aliphatic heterocycles. The van der Waals surface area contributed by atoms with E-state index in [2.05, 4.69) is 35.9 Å². The van der Waals surface area contributed by atoms with Crippen molar-refractivity contribution in [3.63, 3.8) is 0 Å². The molecule has 1 spiro atoms. The minimum Gasteiger partial charge on any atom is -0.480 e. The number of aromatic amines is 1. The third kappa shape index (κ3) is 7.55. The summed E-state index contributed by atoms with van der Waals surface area (Å²) in [5.41, 5.74) is 6.38. The van der Waals surface area contributed by atoms with Crippen LogP contribution in [0, 0.1) is 0 Å². The third-order valence-corrected chi connectivity index (χ3v) is 9.22. The molecule has 3 fully saturated rings. The molecule has 0 unspecified atom stereocenters. The van der Waals surface area contributed by atoms with Gasteiger partial charge in [0.15, 0.2) is 17.0 Å². The number of benzene rings is 1. The second-order valence-electron chi connectivity index (χ2n) is 12.5. The Morgan fingerprint density at radius 1 is 1.06 bits per heavy atom. The van der Waals surface area contributed by atoms with Crippen molar-refractivity contribution >= 4 is 64.4 Å². The van der Waals surface area contributed by atoms with E-state index in [0.29, 0.717) is 11.4 Å². The topological polar surface area (TPSA) is 317 Å². The molecule has 21 nitrogen and oxygen atoms in total. The summed E-state index contributed by atoms with van der Waals surface area (Å²) in [6, 6.07) is 2.10. The monoisotopic (exact) mass is 734 g/mol. The Balaban J connectivity index is 0.00000175. The fourth-order valence-electron chi connectivity index (χ4n) is 6.80. The lowest BCUT2D eigenvalue weighted by atomic mass is 10.0. The number of carbonyl (C=O) groups is 6. The first kappa shape index (κ1) is 37.7. The van der Waals surface area contributed by atoms with Gasteiger partial charge in [-0.25, -0.2) is 19.6 Å². The predicted octanol–water partition coefficient (Wildman–Crippen LogP) is -1.43. The van der Waals surface area contributed by atoms with E-state index in [1.165, 1.54) is 28.1 Å². The molecule has 5 atom stereocenters. The summed E-state index contributed by atoms with van der Waals surface area (Å²) < 4.78 is 0. The zero-order valence-corrected chi connectivity index (χ0v) is 28.0. The summed E-state index contributed by atoms with van der Waals surface area (Å²) in [5, 5.41) is 28.0. The number of nitrogens with zero attached hydrogens (tertiary/aromatic N) is 5. The first-order valence-electron chi connectivity index (χ1n) is 16.3. The molecule has 3 saturated heterocycles. The van der Waals surface area contributed by atoms with Gasteiger partial charge in [0.1, 0.15) is 23.9 Å². The van der Waals surface area contributed by atoms with Crippen molar-refractivity contribution in [2.24, 2.45) is 0 Å². The van der Waals surface area contributed by atoms with Gasteiger partial charge in [0.05, 0.1) is 24.5 Å². The summed E-state index contributed by atoms with van der Waals surface area (Å²) in [6.07, 6.45) is 1.76. The number of carboxylic acid groups (broad SMARTS) is 2. The Morgan fingerprint density at radius 3 is 2.42 bits per heavy atom. The third-order valence-electron chi connectivity index (χ3n) is 9.22. The van der Waals surface area contributed by atoms with Gasteiger partial charge < -0.3 is 26.6 Å². The number of anilines is 2. The molecular formula is C32H34N10O11. The molecule has 6 rings (SSSR count). The molecule has 53 heavy (non-hydrogen) atoms. The number of Topliss-reactive ketones (excluding diaryl/α,β-unsaturated/α-hetero) is 1. The van der Waals surface area contributed by atoms with Crippen LogP contribution in [0.1, 0.15) is 61.5 Å². The number of H-pyrrole nitrogens is 1. The fourth-order valence-corrected chi connectivity index (χ4v) is 6.80. The number of rotatable bonds is 13. The summed E-state index contributed by atoms with van der Waals surface area (Å²) in [4.78, 5) is 121. The summed E-state index contributed by atoms with van der Waals surface area (Å²) in [6.45, 7) is 1.74. The van der Waals surface area contributed by atoms with Crippen LogP contribution in [0.4, 0.5) is 11.6 Å². The highest BCUT2D eigenvalue weighted by Crippen LogP contribution is 2.46. The van der Waals surface area contributed by atoms with Gasteiger partial charge in [-0.1, -0.05) is 0 Å². The van der Waals surface area contributed by atoms with E-state index in [0.717, 1.165) is 0 Å². The molecule has 0 bridgehead atoms. The van der Waals surface area contributed by atoms with Crippen LogP contribution in [-0.2, 0) is 40.1 Å². The standard InChI is InChI=1S/C31H34N10O9.CO2/c1-14-26(45)41-21(29(49)50)10-11-31(41)39-19(27(46)40(14)31)8-6-18(42)7-9-20(28(47)48)36-24(43)15-2-4-16(5-3-15)33-12-17-13-34-23-22(35-17)25(44)38-30(32)37-23;2-1-3/h2-5,13-14,19-21,33,39H,6-12H2,1H3,(H,36,43)(H,47,48)(H,49,50)(H3,32,34,37,38,44);/t14-,19-,20+,21-,31-;/m0./s1. The van der Waals surface area contributed by atoms with Crippen molar-refractivity contribution in [2.45, 2.75) is 81.9 Å². The van der Waals surface area contributed by atoms with E-state index >= 15 is 0 Å². The van der Waals surface area contributed by atoms with E-state index < -0.39 is 65.2 Å². The number of nitrogens with one attached hydrogen (secondary N) is 4. The van der Waals surface area contributed by atoms with Crippen molar-refractivity contribution < 1.29 is 48.6 Å². The van der Waals surface area contributed by atoms with Gasteiger partial charge in [-0.05, 0) is 50.5 Å². The minimum absolute atomic E-state index is 0.0345.